The minimum absolute atomic E-state index is 0.0481. The van der Waals surface area contributed by atoms with Gasteiger partial charge < -0.3 is 4.42 Å². The molecule has 0 N–H and O–H groups in total. The first kappa shape index (κ1) is 17.7. The summed E-state index contributed by atoms with van der Waals surface area (Å²) >= 11 is 0. The number of hydrogen-bond donors (Lipinski definition) is 0. The second-order valence-electron chi connectivity index (χ2n) is 7.84. The monoisotopic (exact) mass is 401 g/mol. The fourth-order valence-electron chi connectivity index (χ4n) is 4.53. The molecule has 0 unspecified atom stereocenters. The van der Waals surface area contributed by atoms with Crippen LogP contribution in [0.2, 0.25) is 0 Å². The van der Waals surface area contributed by atoms with E-state index in [1.807, 2.05) is 92.0 Å². The minimum Gasteiger partial charge on any atom is -0.454 e. The first-order chi connectivity index (χ1) is 15.2. The van der Waals surface area contributed by atoms with Crippen LogP contribution in [0.5, 0.6) is 0 Å². The van der Waals surface area contributed by atoms with Crippen LogP contribution < -0.4 is 5.56 Å². The third-order valence-corrected chi connectivity index (χ3v) is 5.94. The molecule has 0 atom stereocenters. The van der Waals surface area contributed by atoms with Crippen LogP contribution in [-0.4, -0.2) is 4.40 Å². The number of rotatable bonds is 2. The topological polar surface area (TPSA) is 34.6 Å². The summed E-state index contributed by atoms with van der Waals surface area (Å²) < 4.78 is 8.01. The van der Waals surface area contributed by atoms with Crippen LogP contribution >= 0.6 is 0 Å². The van der Waals surface area contributed by atoms with E-state index in [1.54, 1.807) is 4.40 Å². The van der Waals surface area contributed by atoms with Gasteiger partial charge in [-0.15, -0.1) is 0 Å². The molecule has 148 valence electrons. The zero-order valence-corrected chi connectivity index (χ0v) is 17.0. The second kappa shape index (κ2) is 6.71. The number of pyridine rings is 2. The van der Waals surface area contributed by atoms with E-state index in [9.17, 15) is 4.79 Å². The molecule has 0 radical (unpaired) electrons. The van der Waals surface area contributed by atoms with Crippen molar-refractivity contribution in [2.24, 2.45) is 0 Å². The van der Waals surface area contributed by atoms with Gasteiger partial charge in [0.1, 0.15) is 5.58 Å². The fourth-order valence-corrected chi connectivity index (χ4v) is 4.53. The Morgan fingerprint density at radius 2 is 1.42 bits per heavy atom. The lowest BCUT2D eigenvalue weighted by Gasteiger charge is -2.13. The minimum atomic E-state index is -0.0481. The highest BCUT2D eigenvalue weighted by Crippen LogP contribution is 2.36. The van der Waals surface area contributed by atoms with Crippen molar-refractivity contribution in [1.82, 2.24) is 4.40 Å². The van der Waals surface area contributed by atoms with Crippen LogP contribution in [0, 0.1) is 6.92 Å². The quantitative estimate of drug-likeness (QED) is 0.318. The molecule has 0 amide bonds. The number of fused-ring (bicyclic) bond motifs is 5. The molecule has 0 spiro atoms. The van der Waals surface area contributed by atoms with Crippen molar-refractivity contribution >= 4 is 27.5 Å². The van der Waals surface area contributed by atoms with Crippen molar-refractivity contribution in [1.29, 1.82) is 0 Å². The maximum absolute atomic E-state index is 13.9. The lowest BCUT2D eigenvalue weighted by molar-refractivity contribution is 0.670. The van der Waals surface area contributed by atoms with E-state index in [-0.39, 0.29) is 5.56 Å². The van der Waals surface area contributed by atoms with Gasteiger partial charge in [0.15, 0.2) is 5.58 Å². The van der Waals surface area contributed by atoms with Crippen LogP contribution in [-0.2, 0) is 0 Å². The van der Waals surface area contributed by atoms with Crippen LogP contribution in [0.25, 0.3) is 49.7 Å². The fraction of sp³-hybridized carbons (Fsp3) is 0.0357. The Bertz CT molecular complexity index is 1640. The first-order valence-corrected chi connectivity index (χ1v) is 10.3. The van der Waals surface area contributed by atoms with Gasteiger partial charge in [0.05, 0.1) is 11.1 Å². The molecule has 0 saturated carbocycles. The molecule has 3 nitrogen and oxygen atoms in total. The number of aryl methyl sites for hydroxylation is 1. The molecule has 3 heterocycles. The molecule has 6 aromatic rings. The summed E-state index contributed by atoms with van der Waals surface area (Å²) in [5, 5.41) is 2.12. The summed E-state index contributed by atoms with van der Waals surface area (Å²) in [6, 6.07) is 30.1. The van der Waals surface area contributed by atoms with Crippen LogP contribution in [0.4, 0.5) is 0 Å². The van der Waals surface area contributed by atoms with Gasteiger partial charge in [-0.05, 0) is 41.3 Å². The molecule has 0 aliphatic rings. The highest BCUT2D eigenvalue weighted by molar-refractivity contribution is 6.11. The van der Waals surface area contributed by atoms with Crippen molar-refractivity contribution < 1.29 is 4.42 Å². The van der Waals surface area contributed by atoms with E-state index >= 15 is 0 Å². The lowest BCUT2D eigenvalue weighted by atomic mass is 9.95. The van der Waals surface area contributed by atoms with Crippen molar-refractivity contribution in [3.63, 3.8) is 0 Å². The van der Waals surface area contributed by atoms with Crippen LogP contribution in [0.3, 0.4) is 0 Å². The molecule has 0 aliphatic carbocycles. The Hall–Kier alpha value is -4.11. The third kappa shape index (κ3) is 2.63. The van der Waals surface area contributed by atoms with Gasteiger partial charge in [-0.1, -0.05) is 78.9 Å². The number of para-hydroxylation sites is 1. The van der Waals surface area contributed by atoms with Gasteiger partial charge in [-0.25, -0.2) is 0 Å². The molecule has 0 bridgehead atoms. The summed E-state index contributed by atoms with van der Waals surface area (Å²) in [5.74, 6) is 0. The highest BCUT2D eigenvalue weighted by Gasteiger charge is 2.19. The van der Waals surface area contributed by atoms with Gasteiger partial charge in [-0.2, -0.15) is 0 Å². The summed E-state index contributed by atoms with van der Waals surface area (Å²) in [4.78, 5) is 13.9. The molecule has 3 aromatic carbocycles. The SMILES string of the molecule is Cc1cn2c(=O)c(-c3ccccc3)c(-c3ccccc3)cc2c2oc3ccccc3c12. The van der Waals surface area contributed by atoms with Crippen molar-refractivity contribution in [2.45, 2.75) is 6.92 Å². The molecule has 3 aromatic heterocycles. The molecule has 6 rings (SSSR count). The maximum Gasteiger partial charge on any atom is 0.263 e. The van der Waals surface area contributed by atoms with E-state index in [4.69, 9.17) is 4.42 Å². The molecule has 3 heteroatoms. The highest BCUT2D eigenvalue weighted by atomic mass is 16.3. The smallest absolute Gasteiger partial charge is 0.263 e. The van der Waals surface area contributed by atoms with E-state index in [0.717, 1.165) is 49.7 Å². The molecule has 0 saturated heterocycles. The molecule has 0 fully saturated rings. The van der Waals surface area contributed by atoms with Crippen molar-refractivity contribution in [3.8, 4) is 22.3 Å². The van der Waals surface area contributed by atoms with Gasteiger partial charge >= 0.3 is 0 Å². The zero-order valence-electron chi connectivity index (χ0n) is 17.0. The van der Waals surface area contributed by atoms with Crippen LogP contribution in [0.15, 0.2) is 106 Å². The molecule has 0 aliphatic heterocycles. The zero-order chi connectivity index (χ0) is 20.9. The predicted molar refractivity (Wildman–Crippen MR) is 127 cm³/mol. The normalized spacial score (nSPS) is 11.5. The number of aromatic nitrogens is 1. The average Bonchev–Trinajstić information content (AvgIpc) is 3.21. The number of furan rings is 1. The van der Waals surface area contributed by atoms with Crippen molar-refractivity contribution in [2.75, 3.05) is 0 Å². The summed E-state index contributed by atoms with van der Waals surface area (Å²) in [6.07, 6.45) is 1.93. The van der Waals surface area contributed by atoms with Gasteiger partial charge in [0, 0.05) is 17.0 Å². The van der Waals surface area contributed by atoms with E-state index < -0.39 is 0 Å². The van der Waals surface area contributed by atoms with Crippen molar-refractivity contribution in [3.05, 3.63) is 113 Å². The van der Waals surface area contributed by atoms with Gasteiger partial charge in [0.25, 0.3) is 5.56 Å². The largest absolute Gasteiger partial charge is 0.454 e. The lowest BCUT2D eigenvalue weighted by Crippen LogP contribution is -2.17. The van der Waals surface area contributed by atoms with E-state index in [0.29, 0.717) is 5.56 Å². The van der Waals surface area contributed by atoms with Crippen LogP contribution in [0.1, 0.15) is 5.56 Å². The summed E-state index contributed by atoms with van der Waals surface area (Å²) in [5.41, 5.74) is 6.83. The van der Waals surface area contributed by atoms with Gasteiger partial charge in [-0.3, -0.25) is 9.20 Å². The average molecular weight is 401 g/mol. The van der Waals surface area contributed by atoms with E-state index in [2.05, 4.69) is 12.1 Å². The number of hydrogen-bond acceptors (Lipinski definition) is 2. The summed E-state index contributed by atoms with van der Waals surface area (Å²) in [7, 11) is 0. The Balaban J connectivity index is 1.83. The second-order valence-corrected chi connectivity index (χ2v) is 7.84. The standard InChI is InChI=1S/C28H19NO2/c1-18-17-29-23(27-25(18)21-14-8-9-15-24(21)31-27)16-22(19-10-4-2-5-11-19)26(28(29)30)20-12-6-3-7-13-20/h2-17H,1H3. The maximum atomic E-state index is 13.9. The molecule has 31 heavy (non-hydrogen) atoms. The Morgan fingerprint density at radius 3 is 2.16 bits per heavy atom. The Morgan fingerprint density at radius 1 is 0.774 bits per heavy atom. The summed E-state index contributed by atoms with van der Waals surface area (Å²) in [6.45, 7) is 2.03. The predicted octanol–water partition coefficient (Wildman–Crippen LogP) is 6.84. The number of nitrogens with zero attached hydrogens (tertiary/aromatic N) is 1. The Labute approximate surface area is 178 Å². The first-order valence-electron chi connectivity index (χ1n) is 10.3. The third-order valence-electron chi connectivity index (χ3n) is 5.94. The Kier molecular flexibility index (Phi) is 3.84. The van der Waals surface area contributed by atoms with Gasteiger partial charge in [0.2, 0.25) is 0 Å². The molecular formula is C28H19NO2. The van der Waals surface area contributed by atoms with E-state index in [1.165, 1.54) is 0 Å². The number of benzene rings is 3. The molecular weight excluding hydrogens is 382 g/mol.